The highest BCUT2D eigenvalue weighted by atomic mass is 35.5. The molecule has 0 amide bonds. The Morgan fingerprint density at radius 2 is 1.90 bits per heavy atom. The largest absolute Gasteiger partial charge is 0.350 e. The minimum absolute atomic E-state index is 0.107. The van der Waals surface area contributed by atoms with E-state index < -0.39 is 4.92 Å². The first-order chi connectivity index (χ1) is 9.49. The summed E-state index contributed by atoms with van der Waals surface area (Å²) < 4.78 is 0. The second-order valence-electron chi connectivity index (χ2n) is 4.80. The van der Waals surface area contributed by atoms with Gasteiger partial charge in [0, 0.05) is 5.69 Å². The number of anilines is 2. The third-order valence-electron chi connectivity index (χ3n) is 3.00. The Morgan fingerprint density at radius 3 is 2.55 bits per heavy atom. The Bertz CT molecular complexity index is 642. The topological polar surface area (TPSA) is 55.2 Å². The van der Waals surface area contributed by atoms with Crippen LogP contribution in [0, 0.1) is 10.1 Å². The predicted octanol–water partition coefficient (Wildman–Crippen LogP) is 5.12. The van der Waals surface area contributed by atoms with Crippen molar-refractivity contribution < 1.29 is 4.92 Å². The molecule has 0 fully saturated rings. The molecule has 0 bridgehead atoms. The zero-order valence-electron chi connectivity index (χ0n) is 11.3. The van der Waals surface area contributed by atoms with Gasteiger partial charge in [0.15, 0.2) is 0 Å². The Hall–Kier alpha value is -2.07. The van der Waals surface area contributed by atoms with Crippen molar-refractivity contribution in [2.24, 2.45) is 0 Å². The maximum atomic E-state index is 11.1. The van der Waals surface area contributed by atoms with E-state index >= 15 is 0 Å². The van der Waals surface area contributed by atoms with Gasteiger partial charge in [-0.2, -0.15) is 0 Å². The van der Waals surface area contributed by atoms with Gasteiger partial charge < -0.3 is 5.32 Å². The molecule has 0 atom stereocenters. The van der Waals surface area contributed by atoms with E-state index in [2.05, 4.69) is 19.2 Å². The quantitative estimate of drug-likeness (QED) is 0.628. The predicted molar refractivity (Wildman–Crippen MR) is 81.9 cm³/mol. The van der Waals surface area contributed by atoms with Crippen LogP contribution in [0.5, 0.6) is 0 Å². The van der Waals surface area contributed by atoms with Crippen LogP contribution in [0.4, 0.5) is 17.1 Å². The summed E-state index contributed by atoms with van der Waals surface area (Å²) >= 11 is 5.89. The molecule has 0 saturated carbocycles. The Kier molecular flexibility index (Phi) is 4.25. The molecule has 0 aromatic heterocycles. The fourth-order valence-corrected chi connectivity index (χ4v) is 2.18. The zero-order chi connectivity index (χ0) is 14.7. The van der Waals surface area contributed by atoms with Crippen LogP contribution in [0.25, 0.3) is 0 Å². The van der Waals surface area contributed by atoms with Gasteiger partial charge in [-0.1, -0.05) is 43.6 Å². The lowest BCUT2D eigenvalue weighted by molar-refractivity contribution is -0.383. The van der Waals surface area contributed by atoms with E-state index in [0.29, 0.717) is 11.6 Å². The van der Waals surface area contributed by atoms with Crippen molar-refractivity contribution in [2.45, 2.75) is 19.8 Å². The van der Waals surface area contributed by atoms with Crippen molar-refractivity contribution in [3.05, 3.63) is 63.2 Å². The van der Waals surface area contributed by atoms with Crippen LogP contribution in [-0.4, -0.2) is 4.92 Å². The molecule has 5 heteroatoms. The summed E-state index contributed by atoms with van der Waals surface area (Å²) in [7, 11) is 0. The number of nitro groups is 1. The first-order valence-electron chi connectivity index (χ1n) is 6.29. The summed E-state index contributed by atoms with van der Waals surface area (Å²) in [6.45, 7) is 4.20. The summed E-state index contributed by atoms with van der Waals surface area (Å²) in [5, 5.41) is 14.3. The average Bonchev–Trinajstić information content (AvgIpc) is 2.38. The molecule has 4 nitrogen and oxygen atoms in total. The number of hydrogen-bond acceptors (Lipinski definition) is 3. The summed E-state index contributed by atoms with van der Waals surface area (Å²) in [5.41, 5.74) is 2.26. The first-order valence-corrected chi connectivity index (χ1v) is 6.66. The summed E-state index contributed by atoms with van der Waals surface area (Å²) in [4.78, 5) is 10.6. The molecule has 0 radical (unpaired) electrons. The van der Waals surface area contributed by atoms with E-state index in [1.807, 2.05) is 24.3 Å². The Morgan fingerprint density at radius 1 is 1.20 bits per heavy atom. The average molecular weight is 291 g/mol. The highest BCUT2D eigenvalue weighted by molar-refractivity contribution is 6.33. The minimum atomic E-state index is -0.475. The number of nitrogens with zero attached hydrogens (tertiary/aromatic N) is 1. The van der Waals surface area contributed by atoms with Gasteiger partial charge >= 0.3 is 5.69 Å². The van der Waals surface area contributed by atoms with Crippen molar-refractivity contribution in [3.8, 4) is 0 Å². The van der Waals surface area contributed by atoms with Crippen molar-refractivity contribution in [1.82, 2.24) is 0 Å². The molecule has 0 saturated heterocycles. The molecule has 0 heterocycles. The van der Waals surface area contributed by atoms with Gasteiger partial charge in [-0.3, -0.25) is 10.1 Å². The zero-order valence-corrected chi connectivity index (χ0v) is 12.0. The maximum absolute atomic E-state index is 11.1. The van der Waals surface area contributed by atoms with Gasteiger partial charge in [0.05, 0.1) is 4.92 Å². The number of hydrogen-bond donors (Lipinski definition) is 1. The van der Waals surface area contributed by atoms with Crippen LogP contribution in [0.3, 0.4) is 0 Å². The van der Waals surface area contributed by atoms with Gasteiger partial charge in [-0.15, -0.1) is 0 Å². The van der Waals surface area contributed by atoms with Crippen LogP contribution in [0.1, 0.15) is 25.3 Å². The van der Waals surface area contributed by atoms with Gasteiger partial charge in [-0.25, -0.2) is 0 Å². The minimum Gasteiger partial charge on any atom is -0.350 e. The number of rotatable bonds is 4. The molecule has 0 unspecified atom stereocenters. The summed E-state index contributed by atoms with van der Waals surface area (Å²) in [6, 6.07) is 12.6. The normalized spacial score (nSPS) is 10.6. The third kappa shape index (κ3) is 3.08. The monoisotopic (exact) mass is 290 g/mol. The summed E-state index contributed by atoms with van der Waals surface area (Å²) in [5.74, 6) is 0.395. The fourth-order valence-electron chi connectivity index (χ4n) is 1.93. The maximum Gasteiger partial charge on any atom is 0.311 e. The van der Waals surface area contributed by atoms with E-state index in [9.17, 15) is 10.1 Å². The Labute approximate surface area is 122 Å². The smallest absolute Gasteiger partial charge is 0.311 e. The molecule has 2 aromatic rings. The lowest BCUT2D eigenvalue weighted by atomic mass is 10.0. The van der Waals surface area contributed by atoms with Crippen molar-refractivity contribution in [2.75, 3.05) is 5.32 Å². The summed E-state index contributed by atoms with van der Waals surface area (Å²) in [6.07, 6.45) is 0. The molecule has 0 aliphatic carbocycles. The van der Waals surface area contributed by atoms with Crippen LogP contribution in [0.2, 0.25) is 5.02 Å². The van der Waals surface area contributed by atoms with Crippen LogP contribution in [0.15, 0.2) is 42.5 Å². The Balaban J connectivity index is 2.38. The third-order valence-corrected chi connectivity index (χ3v) is 3.31. The van der Waals surface area contributed by atoms with Gasteiger partial charge in [-0.05, 0) is 35.7 Å². The van der Waals surface area contributed by atoms with E-state index in [0.717, 1.165) is 5.69 Å². The number of benzene rings is 2. The van der Waals surface area contributed by atoms with E-state index in [4.69, 9.17) is 11.6 Å². The molecule has 2 aromatic carbocycles. The van der Waals surface area contributed by atoms with E-state index in [-0.39, 0.29) is 10.7 Å². The number of nitrogens with one attached hydrogen (secondary N) is 1. The highest BCUT2D eigenvalue weighted by Crippen LogP contribution is 2.34. The number of para-hydroxylation sites is 1. The van der Waals surface area contributed by atoms with Crippen LogP contribution >= 0.6 is 11.6 Å². The van der Waals surface area contributed by atoms with Gasteiger partial charge in [0.25, 0.3) is 0 Å². The molecule has 2 rings (SSSR count). The molecule has 0 aliphatic rings. The fraction of sp³-hybridized carbons (Fsp3) is 0.200. The second-order valence-corrected chi connectivity index (χ2v) is 5.21. The van der Waals surface area contributed by atoms with Gasteiger partial charge in [0.1, 0.15) is 10.7 Å². The molecule has 1 N–H and O–H groups in total. The lowest BCUT2D eigenvalue weighted by Gasteiger charge is -2.11. The molecular formula is C15H15ClN2O2. The second kappa shape index (κ2) is 5.92. The number of halogens is 1. The van der Waals surface area contributed by atoms with Crippen LogP contribution < -0.4 is 5.32 Å². The van der Waals surface area contributed by atoms with Crippen molar-refractivity contribution in [1.29, 1.82) is 0 Å². The first kappa shape index (κ1) is 14.3. The molecule has 104 valence electrons. The van der Waals surface area contributed by atoms with Crippen LogP contribution in [-0.2, 0) is 0 Å². The molecular weight excluding hydrogens is 276 g/mol. The molecule has 20 heavy (non-hydrogen) atoms. The van der Waals surface area contributed by atoms with Gasteiger partial charge in [0.2, 0.25) is 0 Å². The highest BCUT2D eigenvalue weighted by Gasteiger charge is 2.18. The lowest BCUT2D eigenvalue weighted by Crippen LogP contribution is -1.98. The van der Waals surface area contributed by atoms with Crippen molar-refractivity contribution in [3.63, 3.8) is 0 Å². The SMILES string of the molecule is CC(C)c1cccc(Nc2cccc(Cl)c2[N+](=O)[O-])c1. The molecule has 0 spiro atoms. The van der Waals surface area contributed by atoms with E-state index in [1.165, 1.54) is 11.6 Å². The standard InChI is InChI=1S/C15H15ClN2O2/c1-10(2)11-5-3-6-12(9-11)17-14-8-4-7-13(16)15(14)18(19)20/h3-10,17H,1-2H3. The van der Waals surface area contributed by atoms with Crippen molar-refractivity contribution >= 4 is 28.7 Å². The van der Waals surface area contributed by atoms with E-state index in [1.54, 1.807) is 12.1 Å². The number of nitro benzene ring substituents is 1. The molecule has 0 aliphatic heterocycles.